The van der Waals surface area contributed by atoms with Crippen LogP contribution in [0.15, 0.2) is 10.7 Å². The van der Waals surface area contributed by atoms with Crippen LogP contribution in [0, 0.1) is 0 Å². The molecule has 2 aromatic rings. The fourth-order valence-electron chi connectivity index (χ4n) is 2.46. The summed E-state index contributed by atoms with van der Waals surface area (Å²) in [5.74, 6) is -0.890. The van der Waals surface area contributed by atoms with E-state index in [1.165, 1.54) is 6.20 Å². The summed E-state index contributed by atoms with van der Waals surface area (Å²) in [5, 5.41) is 9.34. The second-order valence-electron chi connectivity index (χ2n) is 4.86. The van der Waals surface area contributed by atoms with Crippen molar-refractivity contribution >= 4 is 35.3 Å². The minimum absolute atomic E-state index is 0.0172. The molecule has 0 fully saturated rings. The molecular formula is C14H19BrN3O5P. The minimum atomic E-state index is -3.37. The molecular weight excluding hydrogens is 401 g/mol. The molecule has 0 radical (unpaired) electrons. The van der Waals surface area contributed by atoms with Crippen molar-refractivity contribution in [2.75, 3.05) is 13.2 Å². The highest BCUT2D eigenvalue weighted by atomic mass is 79.9. The summed E-state index contributed by atoms with van der Waals surface area (Å²) in [6.07, 6.45) is 1.92. The molecule has 0 bridgehead atoms. The summed E-state index contributed by atoms with van der Waals surface area (Å²) in [6, 6.07) is 0. The van der Waals surface area contributed by atoms with Gasteiger partial charge in [0.1, 0.15) is 0 Å². The normalized spacial score (nSPS) is 12.0. The Morgan fingerprint density at radius 2 is 1.92 bits per heavy atom. The highest BCUT2D eigenvalue weighted by molar-refractivity contribution is 9.10. The van der Waals surface area contributed by atoms with E-state index in [9.17, 15) is 14.5 Å². The summed E-state index contributed by atoms with van der Waals surface area (Å²) < 4.78 is 25.8. The predicted molar refractivity (Wildman–Crippen MR) is 91.6 cm³/mol. The Hall–Kier alpha value is -1.28. The Balaban J connectivity index is 2.66. The molecule has 0 aliphatic rings. The van der Waals surface area contributed by atoms with Gasteiger partial charge in [-0.1, -0.05) is 6.92 Å². The first-order valence-corrected chi connectivity index (χ1v) is 10.0. The van der Waals surface area contributed by atoms with Gasteiger partial charge in [0, 0.05) is 6.20 Å². The zero-order valence-corrected chi connectivity index (χ0v) is 16.1. The number of rotatable bonds is 8. The highest BCUT2D eigenvalue weighted by Gasteiger charge is 2.29. The van der Waals surface area contributed by atoms with E-state index < -0.39 is 13.6 Å². The third-order valence-corrected chi connectivity index (χ3v) is 5.98. The van der Waals surface area contributed by atoms with Crippen LogP contribution in [0.5, 0.6) is 0 Å². The monoisotopic (exact) mass is 419 g/mol. The summed E-state index contributed by atoms with van der Waals surface area (Å²) in [5.41, 5.74) is 0.981. The quantitative estimate of drug-likeness (QED) is 0.652. The van der Waals surface area contributed by atoms with E-state index in [2.05, 4.69) is 25.9 Å². The van der Waals surface area contributed by atoms with Gasteiger partial charge in [0.25, 0.3) is 0 Å². The molecule has 24 heavy (non-hydrogen) atoms. The number of aromatic nitrogens is 3. The zero-order chi connectivity index (χ0) is 17.9. The van der Waals surface area contributed by atoms with Crippen LogP contribution in [-0.4, -0.2) is 38.7 Å². The third-order valence-electron chi connectivity index (χ3n) is 3.33. The van der Waals surface area contributed by atoms with Crippen LogP contribution < -0.4 is 0 Å². The van der Waals surface area contributed by atoms with Gasteiger partial charge in [-0.25, -0.2) is 14.8 Å². The molecule has 0 amide bonds. The molecule has 0 aromatic carbocycles. The molecule has 8 nitrogen and oxygen atoms in total. The summed E-state index contributed by atoms with van der Waals surface area (Å²) in [7, 11) is -3.37. The lowest BCUT2D eigenvalue weighted by atomic mass is 10.2. The Morgan fingerprint density at radius 1 is 1.29 bits per heavy atom. The van der Waals surface area contributed by atoms with Gasteiger partial charge >= 0.3 is 13.6 Å². The number of nitrogens with zero attached hydrogens (tertiary/aromatic N) is 3. The number of carbonyl (C=O) groups is 1. The van der Waals surface area contributed by atoms with Crippen molar-refractivity contribution in [3.05, 3.63) is 27.8 Å². The molecule has 10 heteroatoms. The first-order chi connectivity index (χ1) is 11.4. The standard InChI is InChI=1S/C14H19BrN3O5P/c1-4-10-12(13(19)20)17-14-16-7-9(15)11(18(10)14)8-24(21,22-5-2)23-6-3/h7H,4-6,8H2,1-3H3,(H,19,20). The summed E-state index contributed by atoms with van der Waals surface area (Å²) >= 11 is 3.39. The maximum absolute atomic E-state index is 12.9. The molecule has 0 spiro atoms. The molecule has 0 saturated carbocycles. The van der Waals surface area contributed by atoms with Crippen LogP contribution in [0.1, 0.15) is 42.6 Å². The predicted octanol–water partition coefficient (Wildman–Crippen LogP) is 3.52. The van der Waals surface area contributed by atoms with E-state index in [4.69, 9.17) is 9.05 Å². The number of fused-ring (bicyclic) bond motifs is 1. The number of aryl methyl sites for hydroxylation is 1. The van der Waals surface area contributed by atoms with E-state index >= 15 is 0 Å². The number of carboxylic acids is 1. The van der Waals surface area contributed by atoms with Crippen molar-refractivity contribution in [2.45, 2.75) is 33.4 Å². The highest BCUT2D eigenvalue weighted by Crippen LogP contribution is 2.52. The fourth-order valence-corrected chi connectivity index (χ4v) is 4.81. The van der Waals surface area contributed by atoms with Crippen LogP contribution in [0.25, 0.3) is 5.78 Å². The largest absolute Gasteiger partial charge is 0.476 e. The van der Waals surface area contributed by atoms with Crippen LogP contribution in [0.2, 0.25) is 0 Å². The van der Waals surface area contributed by atoms with Crippen molar-refractivity contribution in [3.63, 3.8) is 0 Å². The first-order valence-electron chi connectivity index (χ1n) is 7.52. The molecule has 2 rings (SSSR count). The summed E-state index contributed by atoms with van der Waals surface area (Å²) in [4.78, 5) is 19.6. The summed E-state index contributed by atoms with van der Waals surface area (Å²) in [6.45, 7) is 5.79. The Labute approximate surface area is 147 Å². The van der Waals surface area contributed by atoms with E-state index in [1.54, 1.807) is 18.2 Å². The van der Waals surface area contributed by atoms with Gasteiger partial charge in [0.05, 0.1) is 35.2 Å². The number of aromatic carboxylic acids is 1. The molecule has 0 saturated heterocycles. The topological polar surface area (TPSA) is 103 Å². The molecule has 0 aliphatic carbocycles. The van der Waals surface area contributed by atoms with Gasteiger partial charge in [0.15, 0.2) is 5.69 Å². The van der Waals surface area contributed by atoms with Gasteiger partial charge < -0.3 is 14.2 Å². The van der Waals surface area contributed by atoms with Crippen LogP contribution >= 0.6 is 23.5 Å². The lowest BCUT2D eigenvalue weighted by Crippen LogP contribution is -2.08. The van der Waals surface area contributed by atoms with Crippen molar-refractivity contribution < 1.29 is 23.5 Å². The second kappa shape index (κ2) is 7.74. The van der Waals surface area contributed by atoms with Crippen LogP contribution in [0.4, 0.5) is 0 Å². The van der Waals surface area contributed by atoms with E-state index in [0.29, 0.717) is 22.3 Å². The zero-order valence-electron chi connectivity index (χ0n) is 13.7. The van der Waals surface area contributed by atoms with Crippen LogP contribution in [0.3, 0.4) is 0 Å². The fraction of sp³-hybridized carbons (Fsp3) is 0.500. The van der Waals surface area contributed by atoms with Crippen molar-refractivity contribution in [2.24, 2.45) is 0 Å². The maximum atomic E-state index is 12.9. The van der Waals surface area contributed by atoms with Crippen molar-refractivity contribution in [1.29, 1.82) is 0 Å². The number of halogens is 1. The van der Waals surface area contributed by atoms with Gasteiger partial charge in [0.2, 0.25) is 5.78 Å². The van der Waals surface area contributed by atoms with Crippen molar-refractivity contribution in [3.8, 4) is 0 Å². The molecule has 2 aromatic heterocycles. The first kappa shape index (κ1) is 19.1. The molecule has 2 heterocycles. The third kappa shape index (κ3) is 3.69. The maximum Gasteiger partial charge on any atom is 0.356 e. The van der Waals surface area contributed by atoms with Crippen molar-refractivity contribution in [1.82, 2.24) is 14.4 Å². The number of carboxylic acid groups (broad SMARTS) is 1. The molecule has 132 valence electrons. The Morgan fingerprint density at radius 3 is 2.42 bits per heavy atom. The van der Waals surface area contributed by atoms with Gasteiger partial charge in [-0.05, 0) is 36.2 Å². The van der Waals surface area contributed by atoms with Gasteiger partial charge in [-0.2, -0.15) is 0 Å². The smallest absolute Gasteiger partial charge is 0.356 e. The minimum Gasteiger partial charge on any atom is -0.476 e. The molecule has 0 aliphatic heterocycles. The SMILES string of the molecule is CCOP(=O)(Cc1c(Br)cnc2nc(C(=O)O)c(CC)n12)OCC. The number of hydrogen-bond donors (Lipinski definition) is 1. The molecule has 0 unspecified atom stereocenters. The molecule has 0 atom stereocenters. The van der Waals surface area contributed by atoms with E-state index in [1.807, 2.05) is 6.92 Å². The van der Waals surface area contributed by atoms with Gasteiger partial charge in [-0.15, -0.1) is 0 Å². The van der Waals surface area contributed by atoms with Crippen LogP contribution in [-0.2, 0) is 26.2 Å². The molecule has 1 N–H and O–H groups in total. The number of hydrogen-bond acceptors (Lipinski definition) is 6. The Kier molecular flexibility index (Phi) is 6.14. The lowest BCUT2D eigenvalue weighted by molar-refractivity contribution is 0.0690. The number of imidazole rings is 1. The Bertz CT molecular complexity index is 797. The van der Waals surface area contributed by atoms with Gasteiger partial charge in [-0.3, -0.25) is 8.97 Å². The lowest BCUT2D eigenvalue weighted by Gasteiger charge is -2.19. The van der Waals surface area contributed by atoms with E-state index in [-0.39, 0.29) is 30.8 Å². The average molecular weight is 420 g/mol. The average Bonchev–Trinajstić information content (AvgIpc) is 2.90. The van der Waals surface area contributed by atoms with E-state index in [0.717, 1.165) is 0 Å². The second-order valence-corrected chi connectivity index (χ2v) is 7.77.